The van der Waals surface area contributed by atoms with Crippen LogP contribution in [0.3, 0.4) is 0 Å². The smallest absolute Gasteiger partial charge is 0.224 e. The van der Waals surface area contributed by atoms with Gasteiger partial charge in [-0.1, -0.05) is 26.0 Å². The van der Waals surface area contributed by atoms with E-state index in [1.807, 2.05) is 32.0 Å². The molecule has 0 unspecified atom stereocenters. The fourth-order valence-electron chi connectivity index (χ4n) is 4.56. The van der Waals surface area contributed by atoms with Gasteiger partial charge in [0.05, 0.1) is 35.0 Å². The lowest BCUT2D eigenvalue weighted by Crippen LogP contribution is -2.13. The molecule has 3 N–H and O–H groups in total. The molecule has 0 aliphatic rings. The van der Waals surface area contributed by atoms with Gasteiger partial charge in [0.25, 0.3) is 0 Å². The van der Waals surface area contributed by atoms with E-state index in [9.17, 15) is 9.18 Å². The third kappa shape index (κ3) is 4.50. The van der Waals surface area contributed by atoms with Gasteiger partial charge < -0.3 is 10.3 Å². The number of carbonyl (C=O) groups excluding carboxylic acids is 1. The largest absolute Gasteiger partial charge is 0.352 e. The Hall–Kier alpha value is -4.92. The van der Waals surface area contributed by atoms with Crippen LogP contribution in [0.5, 0.6) is 0 Å². The Morgan fingerprint density at radius 1 is 0.921 bits per heavy atom. The number of benzene rings is 1. The van der Waals surface area contributed by atoms with Crippen molar-refractivity contribution in [1.29, 1.82) is 0 Å². The summed E-state index contributed by atoms with van der Waals surface area (Å²) in [7, 11) is 0. The highest BCUT2D eigenvalue weighted by molar-refractivity contribution is 6.00. The molecule has 1 aromatic carbocycles. The second kappa shape index (κ2) is 9.51. The molecule has 0 aliphatic heterocycles. The molecule has 38 heavy (non-hydrogen) atoms. The number of anilines is 1. The topological polar surface area (TPSA) is 112 Å². The molecule has 0 aliphatic carbocycles. The van der Waals surface area contributed by atoms with E-state index in [-0.39, 0.29) is 17.6 Å². The van der Waals surface area contributed by atoms with Crippen molar-refractivity contribution in [3.63, 3.8) is 0 Å². The summed E-state index contributed by atoms with van der Waals surface area (Å²) < 4.78 is 13.5. The summed E-state index contributed by atoms with van der Waals surface area (Å²) in [4.78, 5) is 28.9. The van der Waals surface area contributed by atoms with Crippen molar-refractivity contribution in [3.8, 4) is 33.6 Å². The SMILES string of the molecule is CC(C)CC(=O)Nc1cncc(-c2cnc3n[nH]c(-c4cc5c(-c6ccc(F)cc6)cncc5[nH]4)c3c2)c1. The Morgan fingerprint density at radius 3 is 2.53 bits per heavy atom. The predicted octanol–water partition coefficient (Wildman–Crippen LogP) is 6.35. The maximum atomic E-state index is 13.5. The van der Waals surface area contributed by atoms with Crippen LogP contribution < -0.4 is 5.32 Å². The number of amides is 1. The van der Waals surface area contributed by atoms with Crippen LogP contribution in [0.25, 0.3) is 55.6 Å². The summed E-state index contributed by atoms with van der Waals surface area (Å²) in [5, 5.41) is 12.2. The number of aromatic nitrogens is 6. The van der Waals surface area contributed by atoms with Crippen molar-refractivity contribution in [2.24, 2.45) is 5.92 Å². The van der Waals surface area contributed by atoms with E-state index in [2.05, 4.69) is 35.5 Å². The van der Waals surface area contributed by atoms with Crippen LogP contribution in [0.2, 0.25) is 0 Å². The van der Waals surface area contributed by atoms with E-state index in [0.717, 1.165) is 49.9 Å². The van der Waals surface area contributed by atoms with Crippen LogP contribution in [0.15, 0.2) is 73.4 Å². The number of pyridine rings is 3. The number of hydrogen-bond acceptors (Lipinski definition) is 5. The molecule has 6 aromatic rings. The lowest BCUT2D eigenvalue weighted by atomic mass is 10.0. The third-order valence-corrected chi connectivity index (χ3v) is 6.33. The molecule has 5 heterocycles. The van der Waals surface area contributed by atoms with Gasteiger partial charge in [0.15, 0.2) is 5.65 Å². The minimum absolute atomic E-state index is 0.0436. The molecule has 8 nitrogen and oxygen atoms in total. The van der Waals surface area contributed by atoms with Crippen LogP contribution >= 0.6 is 0 Å². The first-order valence-corrected chi connectivity index (χ1v) is 12.3. The Balaban J connectivity index is 1.38. The summed E-state index contributed by atoms with van der Waals surface area (Å²) in [5.41, 5.74) is 7.12. The van der Waals surface area contributed by atoms with Gasteiger partial charge in [0.2, 0.25) is 5.91 Å². The molecule has 188 valence electrons. The van der Waals surface area contributed by atoms with Gasteiger partial charge in [-0.15, -0.1) is 0 Å². The van der Waals surface area contributed by atoms with Gasteiger partial charge in [0, 0.05) is 52.5 Å². The molecule has 0 bridgehead atoms. The van der Waals surface area contributed by atoms with Gasteiger partial charge in [0.1, 0.15) is 5.82 Å². The summed E-state index contributed by atoms with van der Waals surface area (Å²) in [6.07, 6.45) is 9.10. The molecule has 0 saturated heterocycles. The first-order valence-electron chi connectivity index (χ1n) is 12.3. The number of H-pyrrole nitrogens is 2. The molecule has 9 heteroatoms. The Bertz CT molecular complexity index is 1790. The Kier molecular flexibility index (Phi) is 5.88. The highest BCUT2D eigenvalue weighted by Gasteiger charge is 2.15. The van der Waals surface area contributed by atoms with Gasteiger partial charge in [-0.05, 0) is 41.8 Å². The van der Waals surface area contributed by atoms with E-state index in [0.29, 0.717) is 17.8 Å². The summed E-state index contributed by atoms with van der Waals surface area (Å²) in [5.74, 6) is -0.0584. The van der Waals surface area contributed by atoms with Gasteiger partial charge in [-0.2, -0.15) is 5.10 Å². The number of halogens is 1. The first kappa shape index (κ1) is 23.5. The standard InChI is InChI=1S/C29H24FN7O/c1-16(2)7-27(38)34-21-8-18(11-31-13-21)19-9-23-28(36-37-29(23)33-12-19)25-10-22-24(14-32-15-26(22)35-25)17-3-5-20(30)6-4-17/h3-6,8-16,35H,7H2,1-2H3,(H,34,38)(H,33,36,37). The molecule has 5 aromatic heterocycles. The number of nitrogens with one attached hydrogen (secondary N) is 3. The van der Waals surface area contributed by atoms with E-state index in [1.165, 1.54) is 12.1 Å². The van der Waals surface area contributed by atoms with Crippen LogP contribution in [0.4, 0.5) is 10.1 Å². The Labute approximate surface area is 217 Å². The van der Waals surface area contributed by atoms with Gasteiger partial charge in [-0.25, -0.2) is 9.37 Å². The average Bonchev–Trinajstić information content (AvgIpc) is 3.52. The molecule has 0 fully saturated rings. The van der Waals surface area contributed by atoms with E-state index in [4.69, 9.17) is 0 Å². The second-order valence-electron chi connectivity index (χ2n) is 9.64. The zero-order valence-corrected chi connectivity index (χ0v) is 20.8. The molecular formula is C29H24FN7O. The zero-order valence-electron chi connectivity index (χ0n) is 20.8. The highest BCUT2D eigenvalue weighted by Crippen LogP contribution is 2.34. The van der Waals surface area contributed by atoms with Crippen molar-refractivity contribution in [2.45, 2.75) is 20.3 Å². The van der Waals surface area contributed by atoms with Crippen molar-refractivity contribution >= 4 is 33.5 Å². The van der Waals surface area contributed by atoms with Crippen molar-refractivity contribution in [2.75, 3.05) is 5.32 Å². The van der Waals surface area contributed by atoms with E-state index < -0.39 is 0 Å². The number of aromatic amines is 2. The molecule has 6 rings (SSSR count). The molecule has 0 saturated carbocycles. The lowest BCUT2D eigenvalue weighted by Gasteiger charge is -2.08. The van der Waals surface area contributed by atoms with Gasteiger partial charge in [-0.3, -0.25) is 19.9 Å². The number of hydrogen-bond donors (Lipinski definition) is 3. The number of nitrogens with zero attached hydrogens (tertiary/aromatic N) is 4. The molecule has 0 atom stereocenters. The molecule has 1 amide bonds. The maximum absolute atomic E-state index is 13.5. The maximum Gasteiger partial charge on any atom is 0.224 e. The van der Waals surface area contributed by atoms with Crippen LogP contribution in [-0.2, 0) is 4.79 Å². The number of rotatable bonds is 6. The van der Waals surface area contributed by atoms with Crippen molar-refractivity contribution in [3.05, 3.63) is 79.3 Å². The zero-order chi connectivity index (χ0) is 26.2. The number of fused-ring (bicyclic) bond motifs is 2. The molecule has 0 spiro atoms. The fourth-order valence-corrected chi connectivity index (χ4v) is 4.56. The average molecular weight is 506 g/mol. The van der Waals surface area contributed by atoms with Crippen LogP contribution in [0.1, 0.15) is 20.3 Å². The van der Waals surface area contributed by atoms with E-state index in [1.54, 1.807) is 43.1 Å². The number of carbonyl (C=O) groups is 1. The van der Waals surface area contributed by atoms with Crippen molar-refractivity contribution in [1.82, 2.24) is 30.1 Å². The third-order valence-electron chi connectivity index (χ3n) is 6.33. The minimum atomic E-state index is -0.283. The summed E-state index contributed by atoms with van der Waals surface area (Å²) >= 11 is 0. The lowest BCUT2D eigenvalue weighted by molar-refractivity contribution is -0.116. The van der Waals surface area contributed by atoms with Crippen LogP contribution in [-0.4, -0.2) is 36.0 Å². The first-order chi connectivity index (χ1) is 18.4. The van der Waals surface area contributed by atoms with Gasteiger partial charge >= 0.3 is 0 Å². The summed E-state index contributed by atoms with van der Waals surface area (Å²) in [6.45, 7) is 4.01. The monoisotopic (exact) mass is 505 g/mol. The highest BCUT2D eigenvalue weighted by atomic mass is 19.1. The second-order valence-corrected chi connectivity index (χ2v) is 9.64. The van der Waals surface area contributed by atoms with E-state index >= 15 is 0 Å². The molecule has 0 radical (unpaired) electrons. The quantitative estimate of drug-likeness (QED) is 0.244. The minimum Gasteiger partial charge on any atom is -0.352 e. The normalized spacial score (nSPS) is 11.5. The Morgan fingerprint density at radius 2 is 1.71 bits per heavy atom. The molecular weight excluding hydrogens is 481 g/mol. The van der Waals surface area contributed by atoms with Crippen LogP contribution in [0, 0.1) is 11.7 Å². The van der Waals surface area contributed by atoms with Crippen molar-refractivity contribution < 1.29 is 9.18 Å². The predicted molar refractivity (Wildman–Crippen MR) is 146 cm³/mol. The summed E-state index contributed by atoms with van der Waals surface area (Å²) in [6, 6.07) is 12.3. The fraction of sp³-hybridized carbons (Fsp3) is 0.138.